The van der Waals surface area contributed by atoms with Gasteiger partial charge in [-0.3, -0.25) is 9.59 Å². The van der Waals surface area contributed by atoms with Gasteiger partial charge in [0.05, 0.1) is 31.7 Å². The second kappa shape index (κ2) is 8.67. The molecule has 1 aliphatic heterocycles. The van der Waals surface area contributed by atoms with Gasteiger partial charge in [-0.05, 0) is 19.4 Å². The Balaban J connectivity index is 1.73. The zero-order chi connectivity index (χ0) is 16.7. The number of nitrogens with one attached hydrogen (secondary N) is 2. The van der Waals surface area contributed by atoms with Crippen LogP contribution in [0.5, 0.6) is 0 Å². The number of rotatable bonds is 6. The lowest BCUT2D eigenvalue weighted by Gasteiger charge is -2.28. The Morgan fingerprint density at radius 1 is 1.26 bits per heavy atom. The summed E-state index contributed by atoms with van der Waals surface area (Å²) in [6.45, 7) is 6.41. The van der Waals surface area contributed by atoms with Crippen LogP contribution in [0, 0.1) is 5.92 Å². The second-order valence-electron chi connectivity index (χ2n) is 6.15. The van der Waals surface area contributed by atoms with Gasteiger partial charge in [0.1, 0.15) is 0 Å². The van der Waals surface area contributed by atoms with Crippen molar-refractivity contribution in [2.45, 2.75) is 32.7 Å². The maximum atomic E-state index is 12.2. The van der Waals surface area contributed by atoms with Gasteiger partial charge in [0.25, 0.3) is 5.91 Å². The number of likely N-dealkylation sites (tertiary alicyclic amines) is 1. The van der Waals surface area contributed by atoms with Crippen LogP contribution in [0.15, 0.2) is 30.3 Å². The molecular formula is C18H27N2O3+. The van der Waals surface area contributed by atoms with Gasteiger partial charge >= 0.3 is 5.97 Å². The van der Waals surface area contributed by atoms with Crippen LogP contribution in [0.2, 0.25) is 0 Å². The molecule has 1 amide bonds. The average Bonchev–Trinajstić information content (AvgIpc) is 2.56. The van der Waals surface area contributed by atoms with Crippen molar-refractivity contribution < 1.29 is 19.2 Å². The molecule has 1 atom stereocenters. The topological polar surface area (TPSA) is 59.8 Å². The molecule has 0 aromatic heterocycles. The highest BCUT2D eigenvalue weighted by molar-refractivity contribution is 5.77. The standard InChI is InChI=1S/C18H26N2O3/c1-3-23-18(22)16-9-11-20(12-10-16)13-17(21)19-14(2)15-7-5-4-6-8-15/h4-8,14,16H,3,9-13H2,1-2H3,(H,19,21)/p+1/t14-/m0/s1. The second-order valence-corrected chi connectivity index (χ2v) is 6.15. The molecule has 1 fully saturated rings. The first kappa shape index (κ1) is 17.5. The molecule has 5 heteroatoms. The maximum Gasteiger partial charge on any atom is 0.309 e. The van der Waals surface area contributed by atoms with Crippen molar-refractivity contribution in [2.75, 3.05) is 26.2 Å². The molecule has 0 aliphatic carbocycles. The fourth-order valence-corrected chi connectivity index (χ4v) is 3.04. The van der Waals surface area contributed by atoms with E-state index < -0.39 is 0 Å². The van der Waals surface area contributed by atoms with Gasteiger partial charge in [-0.1, -0.05) is 30.3 Å². The Labute approximate surface area is 138 Å². The smallest absolute Gasteiger partial charge is 0.309 e. The number of carbonyl (C=O) groups is 2. The van der Waals surface area contributed by atoms with E-state index in [1.54, 1.807) is 0 Å². The summed E-state index contributed by atoms with van der Waals surface area (Å²) in [6, 6.07) is 9.97. The predicted octanol–water partition coefficient (Wildman–Crippen LogP) is 0.722. The summed E-state index contributed by atoms with van der Waals surface area (Å²) in [5.41, 5.74) is 1.11. The van der Waals surface area contributed by atoms with Gasteiger partial charge in [0.2, 0.25) is 0 Å². The van der Waals surface area contributed by atoms with Crippen molar-refractivity contribution in [1.82, 2.24) is 5.32 Å². The normalized spacial score (nSPS) is 22.2. The molecule has 0 spiro atoms. The molecule has 1 saturated heterocycles. The monoisotopic (exact) mass is 319 g/mol. The SMILES string of the molecule is CCOC(=O)C1CC[NH+](CC(=O)N[C@@H](C)c2ccccc2)CC1. The highest BCUT2D eigenvalue weighted by atomic mass is 16.5. The average molecular weight is 319 g/mol. The van der Waals surface area contributed by atoms with Crippen LogP contribution in [0.1, 0.15) is 38.3 Å². The van der Waals surface area contributed by atoms with Gasteiger partial charge in [0.15, 0.2) is 6.54 Å². The van der Waals surface area contributed by atoms with Crippen LogP contribution in [0.25, 0.3) is 0 Å². The van der Waals surface area contributed by atoms with Crippen LogP contribution in [-0.4, -0.2) is 38.1 Å². The summed E-state index contributed by atoms with van der Waals surface area (Å²) in [6.07, 6.45) is 1.60. The van der Waals surface area contributed by atoms with E-state index in [4.69, 9.17) is 4.74 Å². The first-order valence-corrected chi connectivity index (χ1v) is 8.44. The van der Waals surface area contributed by atoms with E-state index >= 15 is 0 Å². The number of piperidine rings is 1. The van der Waals surface area contributed by atoms with Crippen molar-refractivity contribution in [2.24, 2.45) is 5.92 Å². The zero-order valence-electron chi connectivity index (χ0n) is 14.0. The third-order valence-electron chi connectivity index (χ3n) is 4.40. The van der Waals surface area contributed by atoms with Gasteiger partial charge < -0.3 is 15.0 Å². The van der Waals surface area contributed by atoms with Crippen LogP contribution < -0.4 is 10.2 Å². The molecule has 126 valence electrons. The quantitative estimate of drug-likeness (QED) is 0.760. The van der Waals surface area contributed by atoms with Crippen LogP contribution in [0.4, 0.5) is 0 Å². The van der Waals surface area contributed by atoms with Gasteiger partial charge in [-0.2, -0.15) is 0 Å². The molecule has 0 radical (unpaired) electrons. The molecule has 5 nitrogen and oxygen atoms in total. The number of hydrogen-bond acceptors (Lipinski definition) is 3. The largest absolute Gasteiger partial charge is 0.466 e. The Kier molecular flexibility index (Phi) is 6.59. The maximum absolute atomic E-state index is 12.2. The van der Waals surface area contributed by atoms with E-state index in [1.807, 2.05) is 44.2 Å². The fraction of sp³-hybridized carbons (Fsp3) is 0.556. The minimum Gasteiger partial charge on any atom is -0.466 e. The lowest BCUT2D eigenvalue weighted by atomic mass is 9.97. The van der Waals surface area contributed by atoms with E-state index in [-0.39, 0.29) is 23.8 Å². The number of esters is 1. The lowest BCUT2D eigenvalue weighted by Crippen LogP contribution is -3.14. The molecular weight excluding hydrogens is 292 g/mol. The van der Waals surface area contributed by atoms with Crippen LogP contribution in [-0.2, 0) is 14.3 Å². The third-order valence-corrected chi connectivity index (χ3v) is 4.40. The van der Waals surface area contributed by atoms with Crippen molar-refractivity contribution in [3.05, 3.63) is 35.9 Å². The zero-order valence-corrected chi connectivity index (χ0v) is 14.0. The van der Waals surface area contributed by atoms with Gasteiger partial charge in [0, 0.05) is 12.8 Å². The number of amides is 1. The Morgan fingerprint density at radius 3 is 2.52 bits per heavy atom. The molecule has 0 unspecified atom stereocenters. The summed E-state index contributed by atoms with van der Waals surface area (Å²) in [5.74, 6) is -0.0235. The third kappa shape index (κ3) is 5.36. The summed E-state index contributed by atoms with van der Waals surface area (Å²) in [5, 5.41) is 3.05. The molecule has 1 aromatic carbocycles. The first-order chi connectivity index (χ1) is 11.1. The molecule has 1 aliphatic rings. The summed E-state index contributed by atoms with van der Waals surface area (Å²) in [4.78, 5) is 25.1. The highest BCUT2D eigenvalue weighted by Gasteiger charge is 2.29. The fourth-order valence-electron chi connectivity index (χ4n) is 3.04. The van der Waals surface area contributed by atoms with Crippen molar-refractivity contribution in [1.29, 1.82) is 0 Å². The van der Waals surface area contributed by atoms with Crippen LogP contribution in [0.3, 0.4) is 0 Å². The van der Waals surface area contributed by atoms with Gasteiger partial charge in [-0.15, -0.1) is 0 Å². The van der Waals surface area contributed by atoms with E-state index in [1.165, 1.54) is 4.90 Å². The van der Waals surface area contributed by atoms with Crippen molar-refractivity contribution in [3.63, 3.8) is 0 Å². The van der Waals surface area contributed by atoms with E-state index in [9.17, 15) is 9.59 Å². The Bertz CT molecular complexity index is 510. The van der Waals surface area contributed by atoms with Crippen molar-refractivity contribution in [3.8, 4) is 0 Å². The van der Waals surface area contributed by atoms with E-state index in [0.717, 1.165) is 31.5 Å². The number of quaternary nitrogens is 1. The summed E-state index contributed by atoms with van der Waals surface area (Å²) < 4.78 is 5.07. The van der Waals surface area contributed by atoms with Gasteiger partial charge in [-0.25, -0.2) is 0 Å². The first-order valence-electron chi connectivity index (χ1n) is 8.44. The van der Waals surface area contributed by atoms with Crippen LogP contribution >= 0.6 is 0 Å². The predicted molar refractivity (Wildman–Crippen MR) is 87.9 cm³/mol. The van der Waals surface area contributed by atoms with Crippen molar-refractivity contribution >= 4 is 11.9 Å². The molecule has 1 aromatic rings. The summed E-state index contributed by atoms with van der Waals surface area (Å²) >= 11 is 0. The Hall–Kier alpha value is -1.88. The molecule has 2 rings (SSSR count). The molecule has 0 saturated carbocycles. The summed E-state index contributed by atoms with van der Waals surface area (Å²) in [7, 11) is 0. The Morgan fingerprint density at radius 2 is 1.91 bits per heavy atom. The molecule has 2 N–H and O–H groups in total. The molecule has 1 heterocycles. The number of benzene rings is 1. The minimum absolute atomic E-state index is 0.00463. The number of ether oxygens (including phenoxy) is 1. The lowest BCUT2D eigenvalue weighted by molar-refractivity contribution is -0.897. The highest BCUT2D eigenvalue weighted by Crippen LogP contribution is 2.12. The molecule has 0 bridgehead atoms. The number of carbonyl (C=O) groups excluding carboxylic acids is 2. The van der Waals surface area contributed by atoms with E-state index in [0.29, 0.717) is 13.2 Å². The molecule has 23 heavy (non-hydrogen) atoms. The minimum atomic E-state index is -0.0892. The number of hydrogen-bond donors (Lipinski definition) is 2. The van der Waals surface area contributed by atoms with E-state index in [2.05, 4.69) is 5.32 Å².